The largest absolute Gasteiger partial charge is 0.382 e. The van der Waals surface area contributed by atoms with Crippen LogP contribution in [0.25, 0.3) is 10.6 Å². The molecule has 96 valence electrons. The lowest BCUT2D eigenvalue weighted by molar-refractivity contribution is 0.309. The first-order valence-corrected chi connectivity index (χ1v) is 7.73. The molecule has 2 heterocycles. The molecule has 4 nitrogen and oxygen atoms in total. The maximum atomic E-state index is 5.97. The van der Waals surface area contributed by atoms with Crippen molar-refractivity contribution in [3.8, 4) is 10.6 Å². The van der Waals surface area contributed by atoms with E-state index in [2.05, 4.69) is 21.6 Å². The van der Waals surface area contributed by atoms with Gasteiger partial charge >= 0.3 is 0 Å². The third kappa shape index (κ3) is 2.10. The Kier molecular flexibility index (Phi) is 2.99. The highest BCUT2D eigenvalue weighted by molar-refractivity contribution is 7.15. The van der Waals surface area contributed by atoms with Gasteiger partial charge in [0.05, 0.1) is 5.56 Å². The molecule has 6 heteroatoms. The molecule has 1 saturated carbocycles. The fraction of sp³-hybridized carbons (Fsp3) is 0.500. The topological polar surface area (TPSA) is 63.8 Å². The molecule has 2 aromatic rings. The van der Waals surface area contributed by atoms with E-state index in [4.69, 9.17) is 5.73 Å². The Morgan fingerprint density at radius 1 is 1.44 bits per heavy atom. The number of hydrogen-bond acceptors (Lipinski definition) is 6. The number of nitrogens with one attached hydrogen (secondary N) is 1. The molecular weight excluding hydrogens is 264 g/mol. The monoisotopic (exact) mass is 280 g/mol. The third-order valence-corrected chi connectivity index (χ3v) is 5.03. The van der Waals surface area contributed by atoms with Crippen LogP contribution in [0.1, 0.15) is 25.5 Å². The first kappa shape index (κ1) is 11.9. The predicted octanol–water partition coefficient (Wildman–Crippen LogP) is 3.37. The van der Waals surface area contributed by atoms with Crippen molar-refractivity contribution >= 4 is 33.7 Å². The fourth-order valence-corrected chi connectivity index (χ4v) is 4.00. The molecule has 0 bridgehead atoms. The number of hydrogen-bond donors (Lipinski definition) is 2. The summed E-state index contributed by atoms with van der Waals surface area (Å²) in [5.41, 5.74) is 7.99. The Hall–Kier alpha value is -1.14. The van der Waals surface area contributed by atoms with Gasteiger partial charge in [0.2, 0.25) is 0 Å². The minimum Gasteiger partial charge on any atom is -0.382 e. The highest BCUT2D eigenvalue weighted by Gasteiger charge is 2.27. The Labute approximate surface area is 114 Å². The number of thiazole rings is 1. The van der Waals surface area contributed by atoms with E-state index >= 15 is 0 Å². The van der Waals surface area contributed by atoms with E-state index in [1.165, 1.54) is 24.4 Å². The van der Waals surface area contributed by atoms with Crippen molar-refractivity contribution in [2.24, 2.45) is 5.92 Å². The molecule has 3 rings (SSSR count). The van der Waals surface area contributed by atoms with E-state index in [0.717, 1.165) is 27.2 Å². The quantitative estimate of drug-likeness (QED) is 0.905. The number of anilines is 2. The fourth-order valence-electron chi connectivity index (χ4n) is 2.28. The van der Waals surface area contributed by atoms with Gasteiger partial charge in [0.25, 0.3) is 0 Å². The number of rotatable bonds is 3. The third-order valence-electron chi connectivity index (χ3n) is 3.26. The maximum absolute atomic E-state index is 5.97. The zero-order valence-electron chi connectivity index (χ0n) is 10.4. The first-order chi connectivity index (χ1) is 8.63. The van der Waals surface area contributed by atoms with Crippen molar-refractivity contribution in [2.75, 3.05) is 11.1 Å². The van der Waals surface area contributed by atoms with Gasteiger partial charge in [-0.2, -0.15) is 4.37 Å². The number of nitrogens with two attached hydrogens (primary N) is 1. The molecule has 0 radical (unpaired) electrons. The highest BCUT2D eigenvalue weighted by atomic mass is 32.1. The lowest BCUT2D eigenvalue weighted by Gasteiger charge is -2.33. The molecular formula is C12H16N4S2. The molecule has 0 unspecified atom stereocenters. The van der Waals surface area contributed by atoms with Crippen molar-refractivity contribution in [3.05, 3.63) is 11.1 Å². The molecule has 0 saturated heterocycles. The molecule has 1 aliphatic carbocycles. The molecule has 0 atom stereocenters. The second kappa shape index (κ2) is 4.51. The van der Waals surface area contributed by atoms with Crippen LogP contribution in [0.15, 0.2) is 5.38 Å². The van der Waals surface area contributed by atoms with Gasteiger partial charge in [-0.3, -0.25) is 0 Å². The van der Waals surface area contributed by atoms with Crippen molar-refractivity contribution < 1.29 is 0 Å². The lowest BCUT2D eigenvalue weighted by atomic mass is 9.82. The average molecular weight is 280 g/mol. The van der Waals surface area contributed by atoms with Crippen LogP contribution in [-0.4, -0.2) is 15.4 Å². The molecule has 1 aliphatic rings. The normalized spacial score (nSPS) is 22.8. The summed E-state index contributed by atoms with van der Waals surface area (Å²) in [5, 5.41) is 7.63. The van der Waals surface area contributed by atoms with Crippen LogP contribution >= 0.6 is 22.9 Å². The van der Waals surface area contributed by atoms with Gasteiger partial charge in [0.15, 0.2) is 0 Å². The van der Waals surface area contributed by atoms with Gasteiger partial charge in [-0.25, -0.2) is 4.98 Å². The maximum Gasteiger partial charge on any atom is 0.149 e. The first-order valence-electron chi connectivity index (χ1n) is 6.07. The zero-order valence-corrected chi connectivity index (χ0v) is 12.1. The Morgan fingerprint density at radius 2 is 2.22 bits per heavy atom. The van der Waals surface area contributed by atoms with E-state index in [0.29, 0.717) is 11.9 Å². The van der Waals surface area contributed by atoms with E-state index in [1.54, 1.807) is 11.3 Å². The predicted molar refractivity (Wildman–Crippen MR) is 78.2 cm³/mol. The van der Waals surface area contributed by atoms with Crippen LogP contribution in [0.4, 0.5) is 10.8 Å². The molecule has 1 fully saturated rings. The van der Waals surface area contributed by atoms with Gasteiger partial charge in [0, 0.05) is 17.1 Å². The molecule has 2 aromatic heterocycles. The van der Waals surface area contributed by atoms with Crippen LogP contribution in [0.5, 0.6) is 0 Å². The summed E-state index contributed by atoms with van der Waals surface area (Å²) in [6.07, 6.45) is 2.46. The number of nitrogen functional groups attached to an aromatic ring is 1. The second-order valence-electron chi connectivity index (χ2n) is 4.98. The minimum atomic E-state index is 0.569. The lowest BCUT2D eigenvalue weighted by Crippen LogP contribution is -2.33. The van der Waals surface area contributed by atoms with E-state index in [-0.39, 0.29) is 0 Å². The van der Waals surface area contributed by atoms with E-state index in [9.17, 15) is 0 Å². The Bertz CT molecular complexity index is 554. The second-order valence-corrected chi connectivity index (χ2v) is 6.62. The van der Waals surface area contributed by atoms with Crippen LogP contribution in [0, 0.1) is 12.8 Å². The smallest absolute Gasteiger partial charge is 0.149 e. The molecule has 18 heavy (non-hydrogen) atoms. The summed E-state index contributed by atoms with van der Waals surface area (Å²) < 4.78 is 4.26. The van der Waals surface area contributed by atoms with E-state index in [1.807, 2.05) is 12.3 Å². The van der Waals surface area contributed by atoms with Gasteiger partial charge in [0.1, 0.15) is 15.8 Å². The Morgan fingerprint density at radius 3 is 2.83 bits per heavy atom. The van der Waals surface area contributed by atoms with Crippen molar-refractivity contribution in [2.45, 2.75) is 32.7 Å². The van der Waals surface area contributed by atoms with Crippen molar-refractivity contribution in [3.63, 3.8) is 0 Å². The van der Waals surface area contributed by atoms with Gasteiger partial charge < -0.3 is 11.1 Å². The summed E-state index contributed by atoms with van der Waals surface area (Å²) in [7, 11) is 0. The van der Waals surface area contributed by atoms with Crippen LogP contribution in [0.3, 0.4) is 0 Å². The standard InChI is InChI=1S/C12H16N4S2/c1-6-3-8(4-6)15-12-9(10(13)16-18-12)11-14-7(2)5-17-11/h5-6,8,15H,3-4H2,1-2H3,(H2,13,16). The van der Waals surface area contributed by atoms with E-state index < -0.39 is 0 Å². The highest BCUT2D eigenvalue weighted by Crippen LogP contribution is 2.40. The average Bonchev–Trinajstić information content (AvgIpc) is 2.83. The molecule has 0 amide bonds. The molecule has 0 aromatic carbocycles. The summed E-state index contributed by atoms with van der Waals surface area (Å²) in [6.45, 7) is 4.28. The zero-order chi connectivity index (χ0) is 12.7. The van der Waals surface area contributed by atoms with Crippen LogP contribution in [-0.2, 0) is 0 Å². The summed E-state index contributed by atoms with van der Waals surface area (Å²) >= 11 is 3.06. The SMILES string of the molecule is Cc1csc(-c2c(N)nsc2NC2CC(C)C2)n1. The summed E-state index contributed by atoms with van der Waals surface area (Å²) in [5.74, 6) is 1.42. The van der Waals surface area contributed by atoms with Gasteiger partial charge in [-0.15, -0.1) is 11.3 Å². The molecule has 0 aliphatic heterocycles. The van der Waals surface area contributed by atoms with Crippen molar-refractivity contribution in [1.29, 1.82) is 0 Å². The van der Waals surface area contributed by atoms with Crippen LogP contribution in [0.2, 0.25) is 0 Å². The number of aryl methyl sites for hydroxylation is 1. The minimum absolute atomic E-state index is 0.569. The molecule has 0 spiro atoms. The number of aromatic nitrogens is 2. The van der Waals surface area contributed by atoms with Gasteiger partial charge in [-0.05, 0) is 37.2 Å². The van der Waals surface area contributed by atoms with Crippen molar-refractivity contribution in [1.82, 2.24) is 9.36 Å². The van der Waals surface area contributed by atoms with Crippen LogP contribution < -0.4 is 11.1 Å². The Balaban J connectivity index is 1.87. The summed E-state index contributed by atoms with van der Waals surface area (Å²) in [6, 6.07) is 0.569. The van der Waals surface area contributed by atoms with Gasteiger partial charge in [-0.1, -0.05) is 6.92 Å². The summed E-state index contributed by atoms with van der Waals surface area (Å²) in [4.78, 5) is 4.51. The number of nitrogens with zero attached hydrogens (tertiary/aromatic N) is 2. The molecule has 3 N–H and O–H groups in total.